The molecule has 0 amide bonds. The molecule has 2 fully saturated rings. The molecule has 0 atom stereocenters. The molecule has 2 aromatic heterocycles. The van der Waals surface area contributed by atoms with Crippen molar-refractivity contribution in [2.45, 2.75) is 51.6 Å². The molecular weight excluding hydrogens is 390 g/mol. The van der Waals surface area contributed by atoms with Crippen molar-refractivity contribution in [3.63, 3.8) is 0 Å². The predicted molar refractivity (Wildman–Crippen MR) is 123 cm³/mol. The summed E-state index contributed by atoms with van der Waals surface area (Å²) in [4.78, 5) is 19.4. The van der Waals surface area contributed by atoms with Crippen molar-refractivity contribution in [2.75, 3.05) is 36.9 Å². The van der Waals surface area contributed by atoms with Gasteiger partial charge in [-0.15, -0.1) is 0 Å². The quantitative estimate of drug-likeness (QED) is 0.554. The fourth-order valence-corrected chi connectivity index (χ4v) is 4.54. The van der Waals surface area contributed by atoms with Gasteiger partial charge in [-0.3, -0.25) is 4.90 Å². The van der Waals surface area contributed by atoms with E-state index in [0.29, 0.717) is 17.6 Å². The molecule has 0 bridgehead atoms. The maximum Gasteiger partial charge on any atom is 0.231 e. The number of imidazole rings is 1. The van der Waals surface area contributed by atoms with Crippen molar-refractivity contribution in [3.05, 3.63) is 35.7 Å². The summed E-state index contributed by atoms with van der Waals surface area (Å²) in [6.45, 7) is 6.71. The lowest BCUT2D eigenvalue weighted by Crippen LogP contribution is -2.35. The molecule has 1 saturated carbocycles. The summed E-state index contributed by atoms with van der Waals surface area (Å²) in [5.41, 5.74) is 5.06. The third kappa shape index (κ3) is 4.80. The summed E-state index contributed by atoms with van der Waals surface area (Å²) in [5.74, 6) is 1.40. The van der Waals surface area contributed by atoms with Gasteiger partial charge in [0.05, 0.1) is 19.5 Å². The third-order valence-corrected chi connectivity index (χ3v) is 6.28. The number of anilines is 3. The lowest BCUT2D eigenvalue weighted by Gasteiger charge is -2.26. The molecule has 0 radical (unpaired) electrons. The van der Waals surface area contributed by atoms with Gasteiger partial charge < -0.3 is 20.4 Å². The number of aromatic nitrogens is 4. The van der Waals surface area contributed by atoms with E-state index in [9.17, 15) is 0 Å². The minimum atomic E-state index is 0.462. The van der Waals surface area contributed by atoms with E-state index in [0.717, 1.165) is 49.9 Å². The van der Waals surface area contributed by atoms with Crippen molar-refractivity contribution in [2.24, 2.45) is 0 Å². The van der Waals surface area contributed by atoms with Gasteiger partial charge in [-0.25, -0.2) is 4.98 Å². The summed E-state index contributed by atoms with van der Waals surface area (Å²) in [5, 5.41) is 7.04. The average molecular weight is 422 g/mol. The van der Waals surface area contributed by atoms with E-state index in [1.165, 1.54) is 43.2 Å². The minimum Gasteiger partial charge on any atom is -0.379 e. The van der Waals surface area contributed by atoms with Crippen LogP contribution in [0.15, 0.2) is 24.5 Å². The Balaban J connectivity index is 1.33. The molecule has 3 aromatic rings. The van der Waals surface area contributed by atoms with Gasteiger partial charge in [0.1, 0.15) is 5.52 Å². The Morgan fingerprint density at radius 3 is 2.77 bits per heavy atom. The van der Waals surface area contributed by atoms with Gasteiger partial charge in [0, 0.05) is 31.4 Å². The Labute approximate surface area is 182 Å². The van der Waals surface area contributed by atoms with Gasteiger partial charge in [0.25, 0.3) is 0 Å². The number of hydrogen-bond donors (Lipinski definition) is 3. The summed E-state index contributed by atoms with van der Waals surface area (Å²) < 4.78 is 5.45. The zero-order valence-corrected chi connectivity index (χ0v) is 18.2. The molecule has 0 spiro atoms. The topological polar surface area (TPSA) is 91.0 Å². The smallest absolute Gasteiger partial charge is 0.231 e. The molecular formula is C23H31N7O. The number of nitrogens with one attached hydrogen (secondary N) is 3. The van der Waals surface area contributed by atoms with Crippen LogP contribution < -0.4 is 10.6 Å². The number of benzene rings is 1. The maximum absolute atomic E-state index is 5.45. The second-order valence-electron chi connectivity index (χ2n) is 8.64. The molecule has 0 unspecified atom stereocenters. The van der Waals surface area contributed by atoms with Crippen LogP contribution in [0.2, 0.25) is 0 Å². The normalized spacial score (nSPS) is 18.4. The van der Waals surface area contributed by atoms with Crippen LogP contribution in [0, 0.1) is 6.92 Å². The summed E-state index contributed by atoms with van der Waals surface area (Å²) in [7, 11) is 0. The van der Waals surface area contributed by atoms with Gasteiger partial charge in [0.15, 0.2) is 11.5 Å². The van der Waals surface area contributed by atoms with Crippen molar-refractivity contribution in [1.82, 2.24) is 24.8 Å². The maximum atomic E-state index is 5.45. The van der Waals surface area contributed by atoms with Crippen LogP contribution >= 0.6 is 0 Å². The molecule has 164 valence electrons. The van der Waals surface area contributed by atoms with E-state index >= 15 is 0 Å². The van der Waals surface area contributed by atoms with Crippen LogP contribution in [-0.2, 0) is 11.3 Å². The highest BCUT2D eigenvalue weighted by Crippen LogP contribution is 2.27. The van der Waals surface area contributed by atoms with E-state index in [1.54, 1.807) is 6.33 Å². The first kappa shape index (κ1) is 20.2. The zero-order valence-electron chi connectivity index (χ0n) is 18.2. The Kier molecular flexibility index (Phi) is 5.99. The first-order chi connectivity index (χ1) is 15.2. The monoisotopic (exact) mass is 421 g/mol. The molecule has 1 saturated heterocycles. The van der Waals surface area contributed by atoms with Gasteiger partial charge >= 0.3 is 0 Å². The minimum absolute atomic E-state index is 0.462. The van der Waals surface area contributed by atoms with Crippen molar-refractivity contribution in [3.8, 4) is 0 Å². The molecule has 5 rings (SSSR count). The molecule has 1 aliphatic carbocycles. The van der Waals surface area contributed by atoms with Gasteiger partial charge in [-0.2, -0.15) is 9.97 Å². The Bertz CT molecular complexity index is 1020. The molecule has 8 heteroatoms. The van der Waals surface area contributed by atoms with Crippen LogP contribution in [0.1, 0.15) is 43.2 Å². The van der Waals surface area contributed by atoms with Gasteiger partial charge in [0.2, 0.25) is 5.95 Å². The number of morpholine rings is 1. The number of H-pyrrole nitrogens is 1. The van der Waals surface area contributed by atoms with Crippen LogP contribution in [0.3, 0.4) is 0 Å². The molecule has 3 N–H and O–H groups in total. The number of rotatable bonds is 6. The molecule has 8 nitrogen and oxygen atoms in total. The number of nitrogens with zero attached hydrogens (tertiary/aromatic N) is 4. The Morgan fingerprint density at radius 1 is 1.13 bits per heavy atom. The fourth-order valence-electron chi connectivity index (χ4n) is 4.54. The van der Waals surface area contributed by atoms with Crippen molar-refractivity contribution in [1.29, 1.82) is 0 Å². The lowest BCUT2D eigenvalue weighted by molar-refractivity contribution is 0.0342. The molecule has 1 aromatic carbocycles. The molecule has 1 aliphatic heterocycles. The van der Waals surface area contributed by atoms with E-state index in [-0.39, 0.29) is 0 Å². The highest BCUT2D eigenvalue weighted by molar-refractivity contribution is 5.84. The number of hydrogen-bond acceptors (Lipinski definition) is 7. The molecule has 2 aliphatic rings. The van der Waals surface area contributed by atoms with Crippen LogP contribution in [0.5, 0.6) is 0 Å². The highest BCUT2D eigenvalue weighted by Gasteiger charge is 2.18. The van der Waals surface area contributed by atoms with Crippen LogP contribution in [0.25, 0.3) is 11.2 Å². The fraction of sp³-hybridized carbons (Fsp3) is 0.522. The number of fused-ring (bicyclic) bond motifs is 1. The van der Waals surface area contributed by atoms with E-state index < -0.39 is 0 Å². The highest BCUT2D eigenvalue weighted by atomic mass is 16.5. The van der Waals surface area contributed by atoms with Gasteiger partial charge in [-0.1, -0.05) is 31.4 Å². The molecule has 3 heterocycles. The number of aryl methyl sites for hydroxylation is 1. The van der Waals surface area contributed by atoms with Crippen molar-refractivity contribution < 1.29 is 4.74 Å². The number of ether oxygens (including phenoxy) is 1. The SMILES string of the molecule is Cc1cc(CN2CCOCC2)ccc1Nc1nc(NC2CCCCC2)c2[nH]cnc2n1. The largest absolute Gasteiger partial charge is 0.379 e. The van der Waals surface area contributed by atoms with E-state index in [2.05, 4.69) is 55.6 Å². The Hall–Kier alpha value is -2.71. The first-order valence-electron chi connectivity index (χ1n) is 11.4. The van der Waals surface area contributed by atoms with Crippen LogP contribution in [0.4, 0.5) is 17.5 Å². The average Bonchev–Trinajstić information content (AvgIpc) is 3.26. The van der Waals surface area contributed by atoms with E-state index in [4.69, 9.17) is 9.72 Å². The lowest BCUT2D eigenvalue weighted by atomic mass is 9.95. The third-order valence-electron chi connectivity index (χ3n) is 6.28. The summed E-state index contributed by atoms with van der Waals surface area (Å²) in [6, 6.07) is 7.01. The van der Waals surface area contributed by atoms with Crippen molar-refractivity contribution >= 4 is 28.6 Å². The van der Waals surface area contributed by atoms with Crippen LogP contribution in [-0.4, -0.2) is 57.2 Å². The predicted octanol–water partition coefficient (Wildman–Crippen LogP) is 3.98. The van der Waals surface area contributed by atoms with Gasteiger partial charge in [-0.05, 0) is 37.0 Å². The number of aromatic amines is 1. The summed E-state index contributed by atoms with van der Waals surface area (Å²) >= 11 is 0. The standard InChI is InChI=1S/C23H31N7O/c1-16-13-17(14-30-9-11-31-12-10-30)7-8-19(16)27-23-28-21-20(24-15-25-21)22(29-23)26-18-5-3-2-4-6-18/h7-8,13,15,18H,2-6,9-12,14H2,1H3,(H3,24,25,26,27,28,29). The zero-order chi connectivity index (χ0) is 21.0. The second-order valence-corrected chi connectivity index (χ2v) is 8.64. The Morgan fingerprint density at radius 2 is 1.97 bits per heavy atom. The summed E-state index contributed by atoms with van der Waals surface area (Å²) in [6.07, 6.45) is 7.93. The first-order valence-corrected chi connectivity index (χ1v) is 11.4. The molecule has 31 heavy (non-hydrogen) atoms. The van der Waals surface area contributed by atoms with E-state index in [1.807, 2.05) is 0 Å². The second kappa shape index (κ2) is 9.20.